The second-order valence-corrected chi connectivity index (χ2v) is 3.18. The topological polar surface area (TPSA) is 71.5 Å². The maximum atomic E-state index is 11.1. The van der Waals surface area contributed by atoms with Crippen molar-refractivity contribution in [2.24, 2.45) is 0 Å². The van der Waals surface area contributed by atoms with Gasteiger partial charge in [-0.15, -0.1) is 0 Å². The molecule has 0 fully saturated rings. The van der Waals surface area contributed by atoms with Crippen LogP contribution in [-0.4, -0.2) is 29.4 Å². The Bertz CT molecular complexity index is 342. The van der Waals surface area contributed by atoms with Crippen molar-refractivity contribution in [1.82, 2.24) is 10.3 Å². The van der Waals surface area contributed by atoms with Crippen LogP contribution in [-0.2, 0) is 17.7 Å². The minimum Gasteiger partial charge on any atom is -0.447 e. The van der Waals surface area contributed by atoms with Gasteiger partial charge in [-0.25, -0.2) is 4.79 Å². The van der Waals surface area contributed by atoms with Crippen molar-refractivity contribution in [3.8, 4) is 0 Å². The molecule has 5 heteroatoms. The number of rotatable bonds is 5. The first-order valence-corrected chi connectivity index (χ1v) is 5.22. The van der Waals surface area contributed by atoms with Crippen LogP contribution in [0.4, 0.5) is 4.79 Å². The normalized spacial score (nSPS) is 9.88. The summed E-state index contributed by atoms with van der Waals surface area (Å²) < 4.78 is 4.66. The number of pyridine rings is 1. The lowest BCUT2D eigenvalue weighted by atomic mass is 10.1. The monoisotopic (exact) mass is 224 g/mol. The molecule has 16 heavy (non-hydrogen) atoms. The molecule has 1 rings (SSSR count). The van der Waals surface area contributed by atoms with Gasteiger partial charge in [-0.05, 0) is 18.1 Å². The molecule has 0 aliphatic heterocycles. The van der Waals surface area contributed by atoms with Gasteiger partial charge in [0.1, 0.15) is 6.61 Å². The van der Waals surface area contributed by atoms with Crippen molar-refractivity contribution >= 4 is 6.09 Å². The Balaban J connectivity index is 2.44. The Hall–Kier alpha value is -1.62. The molecule has 2 N–H and O–H groups in total. The second-order valence-electron chi connectivity index (χ2n) is 3.18. The molecule has 0 aliphatic carbocycles. The molecule has 88 valence electrons. The number of nitrogens with zero attached hydrogens (tertiary/aromatic N) is 1. The molecule has 0 saturated carbocycles. The van der Waals surface area contributed by atoms with Gasteiger partial charge in [0.25, 0.3) is 0 Å². The van der Waals surface area contributed by atoms with Crippen LogP contribution in [0.25, 0.3) is 0 Å². The first kappa shape index (κ1) is 12.4. The van der Waals surface area contributed by atoms with Crippen molar-refractivity contribution in [2.45, 2.75) is 19.9 Å². The van der Waals surface area contributed by atoms with E-state index in [9.17, 15) is 4.79 Å². The standard InChI is InChI=1S/C11H16N2O3/c1-2-9-4-3-5-12-10(9)8-13-11(15)16-7-6-14/h3-5,14H,2,6-8H2,1H3,(H,13,15). The predicted molar refractivity (Wildman–Crippen MR) is 58.9 cm³/mol. The molecule has 5 nitrogen and oxygen atoms in total. The zero-order chi connectivity index (χ0) is 11.8. The lowest BCUT2D eigenvalue weighted by Gasteiger charge is -2.08. The van der Waals surface area contributed by atoms with E-state index in [2.05, 4.69) is 15.0 Å². The third-order valence-corrected chi connectivity index (χ3v) is 2.09. The lowest BCUT2D eigenvalue weighted by Crippen LogP contribution is -2.25. The lowest BCUT2D eigenvalue weighted by molar-refractivity contribution is 0.118. The van der Waals surface area contributed by atoms with E-state index in [0.29, 0.717) is 6.54 Å². The van der Waals surface area contributed by atoms with Crippen LogP contribution in [0.15, 0.2) is 18.3 Å². The van der Waals surface area contributed by atoms with Crippen LogP contribution in [0, 0.1) is 0 Å². The molecular weight excluding hydrogens is 208 g/mol. The van der Waals surface area contributed by atoms with E-state index in [0.717, 1.165) is 17.7 Å². The van der Waals surface area contributed by atoms with E-state index < -0.39 is 6.09 Å². The molecular formula is C11H16N2O3. The van der Waals surface area contributed by atoms with Crippen LogP contribution in [0.5, 0.6) is 0 Å². The highest BCUT2D eigenvalue weighted by molar-refractivity contribution is 5.67. The minimum atomic E-state index is -0.540. The fourth-order valence-corrected chi connectivity index (χ4v) is 1.30. The van der Waals surface area contributed by atoms with Gasteiger partial charge in [0.15, 0.2) is 0 Å². The predicted octanol–water partition coefficient (Wildman–Crippen LogP) is 0.862. The van der Waals surface area contributed by atoms with Gasteiger partial charge in [0.05, 0.1) is 18.8 Å². The van der Waals surface area contributed by atoms with Crippen LogP contribution < -0.4 is 5.32 Å². The third-order valence-electron chi connectivity index (χ3n) is 2.09. The molecule has 0 bridgehead atoms. The average molecular weight is 224 g/mol. The first-order chi connectivity index (χ1) is 7.77. The number of alkyl carbamates (subject to hydrolysis) is 1. The van der Waals surface area contributed by atoms with E-state index in [1.165, 1.54) is 0 Å². The number of aliphatic hydroxyl groups excluding tert-OH is 1. The zero-order valence-corrected chi connectivity index (χ0v) is 9.27. The number of carbonyl (C=O) groups is 1. The molecule has 0 atom stereocenters. The summed E-state index contributed by atoms with van der Waals surface area (Å²) in [5.74, 6) is 0. The highest BCUT2D eigenvalue weighted by Gasteiger charge is 2.04. The second kappa shape index (κ2) is 6.79. The summed E-state index contributed by atoms with van der Waals surface area (Å²) in [7, 11) is 0. The summed E-state index contributed by atoms with van der Waals surface area (Å²) >= 11 is 0. The summed E-state index contributed by atoms with van der Waals surface area (Å²) in [6.07, 6.45) is 2.02. The summed E-state index contributed by atoms with van der Waals surface area (Å²) in [5, 5.41) is 11.0. The molecule has 1 aromatic heterocycles. The van der Waals surface area contributed by atoms with Gasteiger partial charge in [0.2, 0.25) is 0 Å². The highest BCUT2D eigenvalue weighted by Crippen LogP contribution is 2.05. The van der Waals surface area contributed by atoms with Crippen LogP contribution >= 0.6 is 0 Å². The quantitative estimate of drug-likeness (QED) is 0.778. The maximum absolute atomic E-state index is 11.1. The van der Waals surface area contributed by atoms with Crippen molar-refractivity contribution in [1.29, 1.82) is 0 Å². The molecule has 0 unspecified atom stereocenters. The maximum Gasteiger partial charge on any atom is 0.407 e. The van der Waals surface area contributed by atoms with Gasteiger partial charge < -0.3 is 15.2 Å². The van der Waals surface area contributed by atoms with Crippen LogP contribution in [0.2, 0.25) is 0 Å². The zero-order valence-electron chi connectivity index (χ0n) is 9.27. The van der Waals surface area contributed by atoms with Crippen molar-refractivity contribution in [2.75, 3.05) is 13.2 Å². The Kier molecular flexibility index (Phi) is 5.28. The fourth-order valence-electron chi connectivity index (χ4n) is 1.30. The molecule has 1 heterocycles. The summed E-state index contributed by atoms with van der Waals surface area (Å²) in [6, 6.07) is 3.84. The Morgan fingerprint density at radius 3 is 3.12 bits per heavy atom. The molecule has 0 aliphatic rings. The minimum absolute atomic E-state index is 0.00862. The summed E-state index contributed by atoms with van der Waals surface area (Å²) in [5.41, 5.74) is 1.94. The van der Waals surface area contributed by atoms with E-state index in [1.807, 2.05) is 19.1 Å². The summed E-state index contributed by atoms with van der Waals surface area (Å²) in [4.78, 5) is 15.3. The van der Waals surface area contributed by atoms with Crippen molar-refractivity contribution < 1.29 is 14.6 Å². The number of nitrogens with one attached hydrogen (secondary N) is 1. The number of aromatic nitrogens is 1. The van der Waals surface area contributed by atoms with Crippen LogP contribution in [0.3, 0.4) is 0 Å². The van der Waals surface area contributed by atoms with E-state index in [1.54, 1.807) is 6.20 Å². The van der Waals surface area contributed by atoms with E-state index in [-0.39, 0.29) is 13.2 Å². The number of hydrogen-bond acceptors (Lipinski definition) is 4. The number of amides is 1. The van der Waals surface area contributed by atoms with Crippen LogP contribution in [0.1, 0.15) is 18.2 Å². The molecule has 0 aromatic carbocycles. The third kappa shape index (κ3) is 3.86. The molecule has 0 radical (unpaired) electrons. The number of aryl methyl sites for hydroxylation is 1. The molecule has 0 saturated heterocycles. The van der Waals surface area contributed by atoms with Gasteiger partial charge in [-0.2, -0.15) is 0 Å². The molecule has 1 amide bonds. The highest BCUT2D eigenvalue weighted by atomic mass is 16.6. The Morgan fingerprint density at radius 1 is 1.62 bits per heavy atom. The largest absolute Gasteiger partial charge is 0.447 e. The smallest absolute Gasteiger partial charge is 0.407 e. The van der Waals surface area contributed by atoms with Gasteiger partial charge >= 0.3 is 6.09 Å². The van der Waals surface area contributed by atoms with E-state index >= 15 is 0 Å². The Morgan fingerprint density at radius 2 is 2.44 bits per heavy atom. The van der Waals surface area contributed by atoms with Crippen molar-refractivity contribution in [3.05, 3.63) is 29.6 Å². The summed E-state index contributed by atoms with van der Waals surface area (Å²) in [6.45, 7) is 2.21. The van der Waals surface area contributed by atoms with E-state index in [4.69, 9.17) is 5.11 Å². The first-order valence-electron chi connectivity index (χ1n) is 5.22. The SMILES string of the molecule is CCc1cccnc1CNC(=O)OCCO. The number of aliphatic hydroxyl groups is 1. The fraction of sp³-hybridized carbons (Fsp3) is 0.455. The van der Waals surface area contributed by atoms with Crippen molar-refractivity contribution in [3.63, 3.8) is 0 Å². The molecule has 0 spiro atoms. The number of ether oxygens (including phenoxy) is 1. The molecule has 1 aromatic rings. The Labute approximate surface area is 94.5 Å². The van der Waals surface area contributed by atoms with Gasteiger partial charge in [-0.1, -0.05) is 13.0 Å². The van der Waals surface area contributed by atoms with Gasteiger partial charge in [0, 0.05) is 6.20 Å². The number of carbonyl (C=O) groups excluding carboxylic acids is 1. The van der Waals surface area contributed by atoms with Gasteiger partial charge in [-0.3, -0.25) is 4.98 Å². The number of hydrogen-bond donors (Lipinski definition) is 2. The average Bonchev–Trinajstić information content (AvgIpc) is 2.34.